The van der Waals surface area contributed by atoms with Crippen molar-refractivity contribution in [3.8, 4) is 11.4 Å². The first-order chi connectivity index (χ1) is 12.9. The Morgan fingerprint density at radius 3 is 2.52 bits per heavy atom. The van der Waals surface area contributed by atoms with Crippen molar-refractivity contribution >= 4 is 15.9 Å². The molecule has 0 atom stereocenters. The van der Waals surface area contributed by atoms with Crippen molar-refractivity contribution in [2.75, 3.05) is 26.2 Å². The van der Waals surface area contributed by atoms with E-state index in [0.717, 1.165) is 12.0 Å². The smallest absolute Gasteiger partial charge is 0.246 e. The van der Waals surface area contributed by atoms with Gasteiger partial charge in [0.15, 0.2) is 5.82 Å². The summed E-state index contributed by atoms with van der Waals surface area (Å²) >= 11 is 0. The van der Waals surface area contributed by atoms with Gasteiger partial charge in [-0.25, -0.2) is 18.4 Å². The van der Waals surface area contributed by atoms with E-state index >= 15 is 0 Å². The average molecular weight is 389 g/mol. The van der Waals surface area contributed by atoms with Crippen LogP contribution in [0, 0.1) is 6.92 Å². The van der Waals surface area contributed by atoms with E-state index in [1.54, 1.807) is 30.3 Å². The number of rotatable bonds is 5. The minimum atomic E-state index is -3.70. The topological polar surface area (TPSA) is 96.4 Å². The standard InChI is InChI=1S/C18H23N5O3S/c1-3-5-17(24)22-8-10-23(11-9-22)27(25,26)16-13-20-18(21-14(16)2)15-6-4-7-19-12-15/h4,6-7,12-13H,3,5,8-11H2,1-2H3. The van der Waals surface area contributed by atoms with E-state index in [1.807, 2.05) is 13.0 Å². The first-order valence-electron chi connectivity index (χ1n) is 8.95. The van der Waals surface area contributed by atoms with Gasteiger partial charge in [0.25, 0.3) is 0 Å². The summed E-state index contributed by atoms with van der Waals surface area (Å²) in [4.78, 5) is 26.4. The number of nitrogens with zero attached hydrogens (tertiary/aromatic N) is 5. The monoisotopic (exact) mass is 389 g/mol. The number of amides is 1. The van der Waals surface area contributed by atoms with Crippen molar-refractivity contribution < 1.29 is 13.2 Å². The van der Waals surface area contributed by atoms with Crippen LogP contribution < -0.4 is 0 Å². The van der Waals surface area contributed by atoms with Crippen molar-refractivity contribution in [2.45, 2.75) is 31.6 Å². The summed E-state index contributed by atoms with van der Waals surface area (Å²) in [7, 11) is -3.70. The van der Waals surface area contributed by atoms with Crippen LogP contribution in [0.25, 0.3) is 11.4 Å². The number of hydrogen-bond donors (Lipinski definition) is 0. The highest BCUT2D eigenvalue weighted by atomic mass is 32.2. The molecule has 1 aliphatic heterocycles. The van der Waals surface area contributed by atoms with Crippen LogP contribution >= 0.6 is 0 Å². The van der Waals surface area contributed by atoms with E-state index in [2.05, 4.69) is 15.0 Å². The second kappa shape index (κ2) is 8.10. The fraction of sp³-hybridized carbons (Fsp3) is 0.444. The van der Waals surface area contributed by atoms with E-state index in [9.17, 15) is 13.2 Å². The lowest BCUT2D eigenvalue weighted by molar-refractivity contribution is -0.132. The van der Waals surface area contributed by atoms with E-state index in [1.165, 1.54) is 10.5 Å². The maximum Gasteiger partial charge on any atom is 0.246 e. The highest BCUT2D eigenvalue weighted by Crippen LogP contribution is 2.22. The summed E-state index contributed by atoms with van der Waals surface area (Å²) < 4.78 is 27.4. The summed E-state index contributed by atoms with van der Waals surface area (Å²) in [5, 5.41) is 0. The molecule has 1 aliphatic rings. The minimum absolute atomic E-state index is 0.0786. The number of sulfonamides is 1. The first kappa shape index (κ1) is 19.4. The van der Waals surface area contributed by atoms with Gasteiger partial charge in [0, 0.05) is 50.6 Å². The second-order valence-electron chi connectivity index (χ2n) is 6.42. The zero-order chi connectivity index (χ0) is 19.4. The van der Waals surface area contributed by atoms with Crippen LogP contribution in [0.2, 0.25) is 0 Å². The molecular weight excluding hydrogens is 366 g/mol. The van der Waals surface area contributed by atoms with Gasteiger partial charge in [-0.2, -0.15) is 4.31 Å². The van der Waals surface area contributed by atoms with E-state index < -0.39 is 10.0 Å². The summed E-state index contributed by atoms with van der Waals surface area (Å²) in [5.74, 6) is 0.518. The lowest BCUT2D eigenvalue weighted by Crippen LogP contribution is -2.50. The predicted molar refractivity (Wildman–Crippen MR) is 100 cm³/mol. The molecule has 0 spiro atoms. The number of carbonyl (C=O) groups is 1. The Morgan fingerprint density at radius 2 is 1.93 bits per heavy atom. The number of aromatic nitrogens is 3. The van der Waals surface area contributed by atoms with Gasteiger partial charge in [-0.15, -0.1) is 0 Å². The zero-order valence-corrected chi connectivity index (χ0v) is 16.3. The predicted octanol–water partition coefficient (Wildman–Crippen LogP) is 1.48. The normalized spacial score (nSPS) is 15.7. The molecule has 1 saturated heterocycles. The number of pyridine rings is 1. The van der Waals surface area contributed by atoms with Gasteiger partial charge >= 0.3 is 0 Å². The third-order valence-electron chi connectivity index (χ3n) is 4.53. The number of aryl methyl sites for hydroxylation is 1. The molecule has 27 heavy (non-hydrogen) atoms. The minimum Gasteiger partial charge on any atom is -0.340 e. The molecule has 0 bridgehead atoms. The Bertz CT molecular complexity index is 910. The zero-order valence-electron chi connectivity index (χ0n) is 15.5. The summed E-state index contributed by atoms with van der Waals surface area (Å²) in [6.45, 7) is 4.99. The molecule has 8 nitrogen and oxygen atoms in total. The third kappa shape index (κ3) is 4.14. The van der Waals surface area contributed by atoms with Crippen molar-refractivity contribution in [1.29, 1.82) is 0 Å². The van der Waals surface area contributed by atoms with Gasteiger partial charge < -0.3 is 4.90 Å². The van der Waals surface area contributed by atoms with Crippen LogP contribution in [-0.4, -0.2) is 64.7 Å². The van der Waals surface area contributed by atoms with Crippen LogP contribution in [0.15, 0.2) is 35.6 Å². The number of piperazine rings is 1. The lowest BCUT2D eigenvalue weighted by Gasteiger charge is -2.34. The number of carbonyl (C=O) groups excluding carboxylic acids is 1. The second-order valence-corrected chi connectivity index (χ2v) is 8.33. The Kier molecular flexibility index (Phi) is 5.81. The van der Waals surface area contributed by atoms with Gasteiger partial charge in [-0.3, -0.25) is 9.78 Å². The van der Waals surface area contributed by atoms with Gasteiger partial charge in [0.05, 0.1) is 11.9 Å². The largest absolute Gasteiger partial charge is 0.340 e. The molecule has 2 aromatic rings. The van der Waals surface area contributed by atoms with Crippen LogP contribution in [0.1, 0.15) is 25.5 Å². The molecule has 1 amide bonds. The highest BCUT2D eigenvalue weighted by Gasteiger charge is 2.31. The van der Waals surface area contributed by atoms with E-state index in [-0.39, 0.29) is 23.9 Å². The molecule has 3 rings (SSSR count). The molecule has 0 aliphatic carbocycles. The van der Waals surface area contributed by atoms with Gasteiger partial charge in [0.1, 0.15) is 4.90 Å². The Balaban J connectivity index is 1.77. The Hall–Kier alpha value is -2.39. The Morgan fingerprint density at radius 1 is 1.19 bits per heavy atom. The third-order valence-corrected chi connectivity index (χ3v) is 6.53. The van der Waals surface area contributed by atoms with Crippen molar-refractivity contribution in [2.24, 2.45) is 0 Å². The highest BCUT2D eigenvalue weighted by molar-refractivity contribution is 7.89. The summed E-state index contributed by atoms with van der Waals surface area (Å²) in [6, 6.07) is 3.60. The average Bonchev–Trinajstić information content (AvgIpc) is 2.68. The molecule has 0 saturated carbocycles. The van der Waals surface area contributed by atoms with Gasteiger partial charge in [-0.05, 0) is 25.5 Å². The van der Waals surface area contributed by atoms with E-state index in [0.29, 0.717) is 31.0 Å². The first-order valence-corrected chi connectivity index (χ1v) is 10.4. The molecule has 9 heteroatoms. The van der Waals surface area contributed by atoms with Gasteiger partial charge in [-0.1, -0.05) is 6.92 Å². The Labute approximate surface area is 159 Å². The van der Waals surface area contributed by atoms with Crippen molar-refractivity contribution in [3.63, 3.8) is 0 Å². The SMILES string of the molecule is CCCC(=O)N1CCN(S(=O)(=O)c2cnc(-c3cccnc3)nc2C)CC1. The van der Waals surface area contributed by atoms with Crippen LogP contribution in [0.4, 0.5) is 0 Å². The fourth-order valence-electron chi connectivity index (χ4n) is 3.03. The molecule has 3 heterocycles. The van der Waals surface area contributed by atoms with Crippen molar-refractivity contribution in [1.82, 2.24) is 24.2 Å². The quantitative estimate of drug-likeness (QED) is 0.768. The van der Waals surface area contributed by atoms with Crippen LogP contribution in [-0.2, 0) is 14.8 Å². The van der Waals surface area contributed by atoms with Crippen LogP contribution in [0.5, 0.6) is 0 Å². The molecule has 0 radical (unpaired) electrons. The fourth-order valence-corrected chi connectivity index (χ4v) is 4.56. The molecule has 1 fully saturated rings. The van der Waals surface area contributed by atoms with Crippen molar-refractivity contribution in [3.05, 3.63) is 36.4 Å². The summed E-state index contributed by atoms with van der Waals surface area (Å²) in [5.41, 5.74) is 1.13. The lowest BCUT2D eigenvalue weighted by atomic mass is 10.2. The molecule has 2 aromatic heterocycles. The maximum atomic E-state index is 13.0. The maximum absolute atomic E-state index is 13.0. The molecule has 0 N–H and O–H groups in total. The van der Waals surface area contributed by atoms with E-state index in [4.69, 9.17) is 0 Å². The van der Waals surface area contributed by atoms with Crippen LogP contribution in [0.3, 0.4) is 0 Å². The molecule has 0 aromatic carbocycles. The molecular formula is C18H23N5O3S. The summed E-state index contributed by atoms with van der Waals surface area (Å²) in [6.07, 6.45) is 5.93. The molecule has 144 valence electrons. The molecule has 0 unspecified atom stereocenters. The van der Waals surface area contributed by atoms with Gasteiger partial charge in [0.2, 0.25) is 15.9 Å². The number of hydrogen-bond acceptors (Lipinski definition) is 6.